The molecular formula is C10H15N5. The molecule has 5 heteroatoms. The summed E-state index contributed by atoms with van der Waals surface area (Å²) in [5.41, 5.74) is 6.91. The maximum absolute atomic E-state index is 5.66. The molecule has 0 amide bonds. The van der Waals surface area contributed by atoms with Crippen LogP contribution in [-0.4, -0.2) is 19.1 Å². The second kappa shape index (κ2) is 4.16. The molecule has 0 atom stereocenters. The van der Waals surface area contributed by atoms with E-state index in [4.69, 9.17) is 5.73 Å². The highest BCUT2D eigenvalue weighted by atomic mass is 15.1. The van der Waals surface area contributed by atoms with Crippen molar-refractivity contribution in [2.24, 2.45) is 7.05 Å². The van der Waals surface area contributed by atoms with Gasteiger partial charge in [-0.1, -0.05) is 0 Å². The van der Waals surface area contributed by atoms with Crippen molar-refractivity contribution in [3.05, 3.63) is 30.6 Å². The number of hydrogen-bond donors (Lipinski definition) is 1. The van der Waals surface area contributed by atoms with Crippen LogP contribution in [0.15, 0.2) is 24.9 Å². The molecule has 0 saturated heterocycles. The Morgan fingerprint density at radius 3 is 2.93 bits per heavy atom. The topological polar surface area (TPSA) is 61.7 Å². The third-order valence-electron chi connectivity index (χ3n) is 2.50. The maximum Gasteiger partial charge on any atom is 0.200 e. The van der Waals surface area contributed by atoms with Gasteiger partial charge in [0.1, 0.15) is 0 Å². The summed E-state index contributed by atoms with van der Waals surface area (Å²) in [6, 6.07) is 0. The molecule has 80 valence electrons. The summed E-state index contributed by atoms with van der Waals surface area (Å²) in [5.74, 6) is 0.583. The summed E-state index contributed by atoms with van der Waals surface area (Å²) < 4.78 is 3.99. The van der Waals surface area contributed by atoms with Crippen molar-refractivity contribution >= 4 is 5.95 Å². The van der Waals surface area contributed by atoms with Crippen molar-refractivity contribution in [1.29, 1.82) is 0 Å². The fourth-order valence-electron chi connectivity index (χ4n) is 1.59. The molecule has 0 bridgehead atoms. The van der Waals surface area contributed by atoms with Crippen LogP contribution in [0.5, 0.6) is 0 Å². The monoisotopic (exact) mass is 205 g/mol. The molecule has 2 rings (SSSR count). The van der Waals surface area contributed by atoms with Crippen LogP contribution >= 0.6 is 0 Å². The Morgan fingerprint density at radius 2 is 2.33 bits per heavy atom. The summed E-state index contributed by atoms with van der Waals surface area (Å²) >= 11 is 0. The number of aryl methyl sites for hydroxylation is 3. The zero-order valence-corrected chi connectivity index (χ0v) is 8.80. The molecule has 2 aromatic rings. The smallest absolute Gasteiger partial charge is 0.200 e. The standard InChI is InChI=1S/C10H15N5/c1-14-8-12-7-9(14)3-2-5-15-6-4-13-10(15)11/h4,6-8H,2-3,5H2,1H3,(H2,11,13). The van der Waals surface area contributed by atoms with Gasteiger partial charge in [0.15, 0.2) is 5.95 Å². The summed E-state index contributed by atoms with van der Waals surface area (Å²) in [6.45, 7) is 0.900. The molecule has 0 aliphatic carbocycles. The number of nitrogen functional groups attached to an aromatic ring is 1. The Balaban J connectivity index is 1.86. The van der Waals surface area contributed by atoms with E-state index in [1.807, 2.05) is 34.9 Å². The van der Waals surface area contributed by atoms with Gasteiger partial charge in [0, 0.05) is 37.9 Å². The molecule has 0 spiro atoms. The van der Waals surface area contributed by atoms with Crippen LogP contribution in [-0.2, 0) is 20.0 Å². The van der Waals surface area contributed by atoms with Crippen molar-refractivity contribution in [3.8, 4) is 0 Å². The van der Waals surface area contributed by atoms with Crippen LogP contribution in [0.25, 0.3) is 0 Å². The predicted molar refractivity (Wildman–Crippen MR) is 58.2 cm³/mol. The molecular weight excluding hydrogens is 190 g/mol. The van der Waals surface area contributed by atoms with Crippen LogP contribution in [0.2, 0.25) is 0 Å². The molecule has 0 aliphatic rings. The highest BCUT2D eigenvalue weighted by Gasteiger charge is 2.00. The molecule has 0 unspecified atom stereocenters. The van der Waals surface area contributed by atoms with Crippen LogP contribution in [0.3, 0.4) is 0 Å². The molecule has 2 heterocycles. The van der Waals surface area contributed by atoms with Crippen LogP contribution < -0.4 is 5.73 Å². The largest absolute Gasteiger partial charge is 0.369 e. The van der Waals surface area contributed by atoms with Crippen molar-refractivity contribution in [2.75, 3.05) is 5.73 Å². The first-order valence-electron chi connectivity index (χ1n) is 4.99. The minimum atomic E-state index is 0.583. The first-order chi connectivity index (χ1) is 7.27. The van der Waals surface area contributed by atoms with E-state index in [-0.39, 0.29) is 0 Å². The van der Waals surface area contributed by atoms with Crippen molar-refractivity contribution in [3.63, 3.8) is 0 Å². The lowest BCUT2D eigenvalue weighted by molar-refractivity contribution is 0.632. The minimum absolute atomic E-state index is 0.583. The van der Waals surface area contributed by atoms with Crippen molar-refractivity contribution in [1.82, 2.24) is 19.1 Å². The third-order valence-corrected chi connectivity index (χ3v) is 2.50. The minimum Gasteiger partial charge on any atom is -0.369 e. The maximum atomic E-state index is 5.66. The van der Waals surface area contributed by atoms with Gasteiger partial charge in [0.25, 0.3) is 0 Å². The van der Waals surface area contributed by atoms with Gasteiger partial charge >= 0.3 is 0 Å². The highest BCUT2D eigenvalue weighted by Crippen LogP contribution is 2.05. The molecule has 0 fully saturated rings. The number of anilines is 1. The molecule has 5 nitrogen and oxygen atoms in total. The van der Waals surface area contributed by atoms with Crippen LogP contribution in [0.4, 0.5) is 5.95 Å². The number of aromatic nitrogens is 4. The number of nitrogens with zero attached hydrogens (tertiary/aromatic N) is 4. The van der Waals surface area contributed by atoms with E-state index in [0.29, 0.717) is 5.95 Å². The van der Waals surface area contributed by atoms with Gasteiger partial charge in [-0.2, -0.15) is 0 Å². The molecule has 2 N–H and O–H groups in total. The zero-order valence-electron chi connectivity index (χ0n) is 8.80. The summed E-state index contributed by atoms with van der Waals surface area (Å²) in [7, 11) is 2.01. The number of hydrogen-bond acceptors (Lipinski definition) is 3. The Hall–Kier alpha value is -1.78. The summed E-state index contributed by atoms with van der Waals surface area (Å²) in [6.07, 6.45) is 9.39. The van der Waals surface area contributed by atoms with Gasteiger partial charge in [-0.05, 0) is 12.8 Å². The van der Waals surface area contributed by atoms with Gasteiger partial charge in [0.05, 0.1) is 6.33 Å². The van der Waals surface area contributed by atoms with Crippen molar-refractivity contribution < 1.29 is 0 Å². The predicted octanol–water partition coefficient (Wildman–Crippen LogP) is 0.832. The quantitative estimate of drug-likeness (QED) is 0.804. The lowest BCUT2D eigenvalue weighted by Crippen LogP contribution is -2.04. The van der Waals surface area contributed by atoms with Gasteiger partial charge < -0.3 is 14.9 Å². The average Bonchev–Trinajstić information content (AvgIpc) is 2.78. The Morgan fingerprint density at radius 1 is 1.47 bits per heavy atom. The summed E-state index contributed by atoms with van der Waals surface area (Å²) in [4.78, 5) is 8.05. The molecule has 0 saturated carbocycles. The Bertz CT molecular complexity index is 388. The van der Waals surface area contributed by atoms with Gasteiger partial charge in [-0.15, -0.1) is 0 Å². The molecule has 0 radical (unpaired) electrons. The second-order valence-electron chi connectivity index (χ2n) is 3.58. The molecule has 0 aromatic carbocycles. The second-order valence-corrected chi connectivity index (χ2v) is 3.58. The third kappa shape index (κ3) is 2.18. The first kappa shape index (κ1) is 9.76. The van der Waals surface area contributed by atoms with E-state index in [9.17, 15) is 0 Å². The van der Waals surface area contributed by atoms with Crippen LogP contribution in [0, 0.1) is 0 Å². The van der Waals surface area contributed by atoms with E-state index in [0.717, 1.165) is 19.4 Å². The molecule has 0 aliphatic heterocycles. The van der Waals surface area contributed by atoms with Gasteiger partial charge in [-0.3, -0.25) is 0 Å². The van der Waals surface area contributed by atoms with E-state index < -0.39 is 0 Å². The first-order valence-corrected chi connectivity index (χ1v) is 4.99. The Kier molecular flexibility index (Phi) is 2.71. The van der Waals surface area contributed by atoms with Crippen LogP contribution in [0.1, 0.15) is 12.1 Å². The SMILES string of the molecule is Cn1cncc1CCCn1ccnc1N. The average molecular weight is 205 g/mol. The van der Waals surface area contributed by atoms with E-state index in [2.05, 4.69) is 9.97 Å². The summed E-state index contributed by atoms with van der Waals surface area (Å²) in [5, 5.41) is 0. The van der Waals surface area contributed by atoms with E-state index >= 15 is 0 Å². The van der Waals surface area contributed by atoms with Crippen molar-refractivity contribution in [2.45, 2.75) is 19.4 Å². The fourth-order valence-corrected chi connectivity index (χ4v) is 1.59. The van der Waals surface area contributed by atoms with E-state index in [1.165, 1.54) is 5.69 Å². The molecule has 2 aromatic heterocycles. The highest BCUT2D eigenvalue weighted by molar-refractivity contribution is 5.16. The number of rotatable bonds is 4. The lowest BCUT2D eigenvalue weighted by Gasteiger charge is -2.04. The Labute approximate surface area is 88.6 Å². The normalized spacial score (nSPS) is 10.7. The molecule has 15 heavy (non-hydrogen) atoms. The fraction of sp³-hybridized carbons (Fsp3) is 0.400. The number of imidazole rings is 2. The number of nitrogens with two attached hydrogens (primary N) is 1. The zero-order chi connectivity index (χ0) is 10.7. The van der Waals surface area contributed by atoms with Gasteiger partial charge in [-0.25, -0.2) is 9.97 Å². The van der Waals surface area contributed by atoms with E-state index in [1.54, 1.807) is 6.20 Å². The lowest BCUT2D eigenvalue weighted by atomic mass is 10.2. The van der Waals surface area contributed by atoms with Gasteiger partial charge in [0.2, 0.25) is 0 Å².